The fourth-order valence-electron chi connectivity index (χ4n) is 1.47. The number of hydrogen-bond acceptors (Lipinski definition) is 3. The van der Waals surface area contributed by atoms with Crippen LogP contribution in [-0.4, -0.2) is 30.2 Å². The molecule has 0 heterocycles. The first kappa shape index (κ1) is 12.5. The number of rotatable bonds is 6. The van der Waals surface area contributed by atoms with Crippen molar-refractivity contribution in [3.05, 3.63) is 0 Å². The first-order valence-electron chi connectivity index (χ1n) is 5.69. The number of aliphatic hydroxyl groups excluding tert-OH is 1. The summed E-state index contributed by atoms with van der Waals surface area (Å²) < 4.78 is 0. The minimum absolute atomic E-state index is 0.0369. The van der Waals surface area contributed by atoms with E-state index in [4.69, 9.17) is 10.8 Å². The second-order valence-corrected chi connectivity index (χ2v) is 4.79. The average molecular weight is 214 g/mol. The number of carbonyl (C=O) groups is 1. The Morgan fingerprint density at radius 1 is 1.60 bits per heavy atom. The third-order valence-corrected chi connectivity index (χ3v) is 3.49. The van der Waals surface area contributed by atoms with Gasteiger partial charge in [0.2, 0.25) is 5.91 Å². The lowest BCUT2D eigenvalue weighted by atomic mass is 9.99. The van der Waals surface area contributed by atoms with E-state index < -0.39 is 6.04 Å². The highest BCUT2D eigenvalue weighted by Gasteiger charge is 2.42. The summed E-state index contributed by atoms with van der Waals surface area (Å²) in [6.07, 6.45) is 2.91. The molecule has 4 N–H and O–H groups in total. The number of amides is 1. The van der Waals surface area contributed by atoms with Crippen LogP contribution in [0.5, 0.6) is 0 Å². The molecule has 0 spiro atoms. The number of nitrogens with one attached hydrogen (secondary N) is 1. The minimum Gasteiger partial charge on any atom is -0.396 e. The third-order valence-electron chi connectivity index (χ3n) is 3.49. The maximum absolute atomic E-state index is 11.6. The second kappa shape index (κ2) is 4.94. The van der Waals surface area contributed by atoms with Crippen molar-refractivity contribution in [2.24, 2.45) is 17.1 Å². The SMILES string of the molecule is CCC(C)[C@H](N)C(=O)NCC1(CO)CC1. The van der Waals surface area contributed by atoms with Crippen LogP contribution in [0.1, 0.15) is 33.1 Å². The summed E-state index contributed by atoms with van der Waals surface area (Å²) in [7, 11) is 0. The van der Waals surface area contributed by atoms with Crippen molar-refractivity contribution in [1.82, 2.24) is 5.32 Å². The highest BCUT2D eigenvalue weighted by atomic mass is 16.3. The van der Waals surface area contributed by atoms with Crippen LogP contribution in [0, 0.1) is 11.3 Å². The van der Waals surface area contributed by atoms with Crippen LogP contribution in [-0.2, 0) is 4.79 Å². The topological polar surface area (TPSA) is 75.4 Å². The van der Waals surface area contributed by atoms with Crippen LogP contribution in [0.25, 0.3) is 0 Å². The Morgan fingerprint density at radius 2 is 2.20 bits per heavy atom. The maximum Gasteiger partial charge on any atom is 0.237 e. The molecular weight excluding hydrogens is 192 g/mol. The van der Waals surface area contributed by atoms with E-state index >= 15 is 0 Å². The number of hydrogen-bond donors (Lipinski definition) is 3. The smallest absolute Gasteiger partial charge is 0.237 e. The van der Waals surface area contributed by atoms with Crippen molar-refractivity contribution in [3.8, 4) is 0 Å². The first-order chi connectivity index (χ1) is 7.04. The van der Waals surface area contributed by atoms with Gasteiger partial charge in [-0.3, -0.25) is 4.79 Å². The molecule has 1 amide bonds. The predicted molar refractivity (Wildman–Crippen MR) is 59.2 cm³/mol. The Kier molecular flexibility index (Phi) is 4.11. The Bertz CT molecular complexity index is 227. The summed E-state index contributed by atoms with van der Waals surface area (Å²) in [5, 5.41) is 11.9. The molecule has 2 atom stereocenters. The number of nitrogens with two attached hydrogens (primary N) is 1. The summed E-state index contributed by atoms with van der Waals surface area (Å²) in [6, 6.07) is -0.426. The van der Waals surface area contributed by atoms with Gasteiger partial charge in [0.1, 0.15) is 0 Å². The molecule has 1 aliphatic rings. The van der Waals surface area contributed by atoms with E-state index in [2.05, 4.69) is 5.32 Å². The molecule has 1 aliphatic carbocycles. The van der Waals surface area contributed by atoms with Gasteiger partial charge in [-0.25, -0.2) is 0 Å². The molecule has 0 aromatic rings. The lowest BCUT2D eigenvalue weighted by Crippen LogP contribution is -2.46. The molecular formula is C11H22N2O2. The van der Waals surface area contributed by atoms with E-state index in [1.165, 1.54) is 0 Å². The molecule has 4 nitrogen and oxygen atoms in total. The van der Waals surface area contributed by atoms with Crippen LogP contribution < -0.4 is 11.1 Å². The van der Waals surface area contributed by atoms with E-state index in [0.29, 0.717) is 6.54 Å². The van der Waals surface area contributed by atoms with Crippen molar-refractivity contribution in [3.63, 3.8) is 0 Å². The Hall–Kier alpha value is -0.610. The summed E-state index contributed by atoms with van der Waals surface area (Å²) in [5.74, 6) is 0.110. The number of carbonyl (C=O) groups excluding carboxylic acids is 1. The zero-order valence-electron chi connectivity index (χ0n) is 9.62. The molecule has 0 saturated heterocycles. The zero-order valence-corrected chi connectivity index (χ0v) is 9.62. The molecule has 0 aliphatic heterocycles. The normalized spacial score (nSPS) is 21.9. The quantitative estimate of drug-likeness (QED) is 0.593. The van der Waals surface area contributed by atoms with Crippen molar-refractivity contribution >= 4 is 5.91 Å². The highest BCUT2D eigenvalue weighted by Crippen LogP contribution is 2.44. The Labute approximate surface area is 91.2 Å². The van der Waals surface area contributed by atoms with Gasteiger partial charge in [-0.15, -0.1) is 0 Å². The zero-order chi connectivity index (χ0) is 11.5. The fourth-order valence-corrected chi connectivity index (χ4v) is 1.47. The summed E-state index contributed by atoms with van der Waals surface area (Å²) in [6.45, 7) is 4.72. The van der Waals surface area contributed by atoms with Gasteiger partial charge in [-0.2, -0.15) is 0 Å². The van der Waals surface area contributed by atoms with Gasteiger partial charge in [0, 0.05) is 12.0 Å². The molecule has 0 aromatic heterocycles. The van der Waals surface area contributed by atoms with E-state index in [1.54, 1.807) is 0 Å². The van der Waals surface area contributed by atoms with Crippen molar-refractivity contribution in [2.75, 3.05) is 13.2 Å². The standard InChI is InChI=1S/C11H22N2O2/c1-3-8(2)9(12)10(15)13-6-11(7-14)4-5-11/h8-9,14H,3-7,12H2,1-2H3,(H,13,15)/t8?,9-/m0/s1. The molecule has 1 unspecified atom stereocenters. The maximum atomic E-state index is 11.6. The van der Waals surface area contributed by atoms with Crippen LogP contribution >= 0.6 is 0 Å². The summed E-state index contributed by atoms with van der Waals surface area (Å²) in [5.41, 5.74) is 5.75. The molecule has 0 radical (unpaired) electrons. The molecule has 1 saturated carbocycles. The van der Waals surface area contributed by atoms with Crippen molar-refractivity contribution < 1.29 is 9.90 Å². The van der Waals surface area contributed by atoms with Gasteiger partial charge in [-0.1, -0.05) is 20.3 Å². The van der Waals surface area contributed by atoms with Gasteiger partial charge >= 0.3 is 0 Å². The molecule has 0 aromatic carbocycles. The summed E-state index contributed by atoms with van der Waals surface area (Å²) in [4.78, 5) is 11.6. The predicted octanol–water partition coefficient (Wildman–Crippen LogP) is 0.249. The van der Waals surface area contributed by atoms with Crippen LogP contribution in [0.2, 0.25) is 0 Å². The lowest BCUT2D eigenvalue weighted by molar-refractivity contribution is -0.123. The van der Waals surface area contributed by atoms with Gasteiger partial charge < -0.3 is 16.2 Å². The molecule has 88 valence electrons. The molecule has 1 rings (SSSR count). The molecule has 1 fully saturated rings. The molecule has 0 bridgehead atoms. The van der Waals surface area contributed by atoms with Crippen LogP contribution in [0.3, 0.4) is 0 Å². The van der Waals surface area contributed by atoms with E-state index in [-0.39, 0.29) is 23.8 Å². The highest BCUT2D eigenvalue weighted by molar-refractivity contribution is 5.81. The summed E-state index contributed by atoms with van der Waals surface area (Å²) >= 11 is 0. The Balaban J connectivity index is 2.29. The van der Waals surface area contributed by atoms with Crippen molar-refractivity contribution in [2.45, 2.75) is 39.2 Å². The van der Waals surface area contributed by atoms with E-state index in [0.717, 1.165) is 19.3 Å². The minimum atomic E-state index is -0.426. The molecule has 15 heavy (non-hydrogen) atoms. The van der Waals surface area contributed by atoms with Gasteiger partial charge in [-0.05, 0) is 18.8 Å². The van der Waals surface area contributed by atoms with Crippen LogP contribution in [0.4, 0.5) is 0 Å². The molecule has 4 heteroatoms. The monoisotopic (exact) mass is 214 g/mol. The Morgan fingerprint density at radius 3 is 2.60 bits per heavy atom. The van der Waals surface area contributed by atoms with Gasteiger partial charge in [0.05, 0.1) is 12.6 Å². The lowest BCUT2D eigenvalue weighted by Gasteiger charge is -2.19. The fraction of sp³-hybridized carbons (Fsp3) is 0.909. The van der Waals surface area contributed by atoms with E-state index in [9.17, 15) is 4.79 Å². The van der Waals surface area contributed by atoms with Gasteiger partial charge in [0.15, 0.2) is 0 Å². The van der Waals surface area contributed by atoms with Crippen molar-refractivity contribution in [1.29, 1.82) is 0 Å². The average Bonchev–Trinajstić information content (AvgIpc) is 3.04. The van der Waals surface area contributed by atoms with E-state index in [1.807, 2.05) is 13.8 Å². The largest absolute Gasteiger partial charge is 0.396 e. The number of aliphatic hydroxyl groups is 1. The second-order valence-electron chi connectivity index (χ2n) is 4.79. The van der Waals surface area contributed by atoms with Gasteiger partial charge in [0.25, 0.3) is 0 Å². The van der Waals surface area contributed by atoms with Crippen LogP contribution in [0.15, 0.2) is 0 Å². The first-order valence-corrected chi connectivity index (χ1v) is 5.69. The third kappa shape index (κ3) is 3.18.